The summed E-state index contributed by atoms with van der Waals surface area (Å²) in [6, 6.07) is 13.5. The lowest BCUT2D eigenvalue weighted by molar-refractivity contribution is 0.991. The smallest absolute Gasteiger partial charge is 0.183 e. The standard InChI is InChI=1S/C13H10N6S/c14-6-10-11(7-15)20-13(19-18-12(10)16)17-8-9-4-2-1-3-5-9/h1-5H,8H2,(H2,16,18)(H,17,19). The van der Waals surface area contributed by atoms with Crippen LogP contribution in [0, 0.1) is 22.7 Å². The van der Waals surface area contributed by atoms with Crippen LogP contribution in [0.5, 0.6) is 0 Å². The molecule has 2 rings (SSSR count). The van der Waals surface area contributed by atoms with Gasteiger partial charge >= 0.3 is 0 Å². The molecule has 0 amide bonds. The summed E-state index contributed by atoms with van der Waals surface area (Å²) in [6.45, 7) is 0.451. The van der Waals surface area contributed by atoms with Gasteiger partial charge in [0.25, 0.3) is 0 Å². The van der Waals surface area contributed by atoms with Crippen molar-refractivity contribution in [2.45, 2.75) is 6.54 Å². The van der Waals surface area contributed by atoms with Gasteiger partial charge in [-0.25, -0.2) is 0 Å². The fourth-order valence-corrected chi connectivity index (χ4v) is 2.16. The van der Waals surface area contributed by atoms with Crippen molar-refractivity contribution in [2.75, 3.05) is 0 Å². The van der Waals surface area contributed by atoms with E-state index in [1.807, 2.05) is 42.5 Å². The Morgan fingerprint density at radius 2 is 2.00 bits per heavy atom. The van der Waals surface area contributed by atoms with Crippen molar-refractivity contribution in [1.82, 2.24) is 5.43 Å². The first-order valence-electron chi connectivity index (χ1n) is 5.65. The molecule has 1 aliphatic heterocycles. The van der Waals surface area contributed by atoms with Gasteiger partial charge < -0.3 is 5.73 Å². The van der Waals surface area contributed by atoms with E-state index in [4.69, 9.17) is 16.3 Å². The van der Waals surface area contributed by atoms with Crippen LogP contribution in [0.15, 0.2) is 50.9 Å². The highest BCUT2D eigenvalue weighted by atomic mass is 32.2. The molecule has 0 aromatic heterocycles. The normalized spacial score (nSPS) is 16.7. The average molecular weight is 282 g/mol. The molecule has 0 unspecified atom stereocenters. The number of nitrogens with two attached hydrogens (primary N) is 1. The number of allylic oxidation sites excluding steroid dienone is 1. The second-order valence-corrected chi connectivity index (χ2v) is 4.74. The number of aliphatic imine (C=N–C) groups is 1. The topological polar surface area (TPSA) is 110 Å². The molecule has 1 aliphatic rings. The Kier molecular flexibility index (Phi) is 4.38. The SMILES string of the molecule is N#CC1=C(C#N)C(N)=NNC(=NCc2ccccc2)S1. The van der Waals surface area contributed by atoms with Crippen molar-refractivity contribution in [3.8, 4) is 12.1 Å². The van der Waals surface area contributed by atoms with Gasteiger partial charge in [-0.05, 0) is 17.3 Å². The Bertz CT molecular complexity index is 675. The number of thioether (sulfide) groups is 1. The minimum absolute atomic E-state index is 0.0125. The van der Waals surface area contributed by atoms with Gasteiger partial charge in [-0.15, -0.1) is 0 Å². The molecule has 0 radical (unpaired) electrons. The molecule has 0 spiro atoms. The fourth-order valence-electron chi connectivity index (χ4n) is 1.45. The fraction of sp³-hybridized carbons (Fsp3) is 0.0769. The Labute approximate surface area is 120 Å². The maximum absolute atomic E-state index is 9.07. The van der Waals surface area contributed by atoms with Gasteiger partial charge in [0.05, 0.1) is 6.54 Å². The van der Waals surface area contributed by atoms with Crippen molar-refractivity contribution in [3.63, 3.8) is 0 Å². The van der Waals surface area contributed by atoms with Gasteiger partial charge in [0.15, 0.2) is 11.0 Å². The van der Waals surface area contributed by atoms with Gasteiger partial charge in [-0.3, -0.25) is 10.4 Å². The molecule has 0 bridgehead atoms. The Morgan fingerprint density at radius 3 is 2.65 bits per heavy atom. The van der Waals surface area contributed by atoms with Crippen LogP contribution in [0.1, 0.15) is 5.56 Å². The molecular formula is C13H10N6S. The molecule has 0 fully saturated rings. The van der Waals surface area contributed by atoms with Crippen LogP contribution in [-0.4, -0.2) is 11.0 Å². The predicted molar refractivity (Wildman–Crippen MR) is 78.2 cm³/mol. The number of nitrogens with zero attached hydrogens (tertiary/aromatic N) is 4. The molecule has 0 aliphatic carbocycles. The largest absolute Gasteiger partial charge is 0.381 e. The Hall–Kier alpha value is -2.77. The van der Waals surface area contributed by atoms with Crippen LogP contribution in [0.25, 0.3) is 0 Å². The predicted octanol–water partition coefficient (Wildman–Crippen LogP) is 1.45. The first-order chi connectivity index (χ1) is 9.74. The second kappa shape index (κ2) is 6.41. The maximum atomic E-state index is 9.07. The highest BCUT2D eigenvalue weighted by molar-refractivity contribution is 8.17. The third kappa shape index (κ3) is 3.16. The summed E-state index contributed by atoms with van der Waals surface area (Å²) in [5.74, 6) is -0.0125. The lowest BCUT2D eigenvalue weighted by atomic mass is 10.2. The first kappa shape index (κ1) is 13.7. The van der Waals surface area contributed by atoms with E-state index in [1.165, 1.54) is 0 Å². The van der Waals surface area contributed by atoms with Crippen molar-refractivity contribution in [1.29, 1.82) is 10.5 Å². The number of nitriles is 2. The third-order valence-electron chi connectivity index (χ3n) is 2.42. The summed E-state index contributed by atoms with van der Waals surface area (Å²) in [7, 11) is 0. The molecule has 0 atom stereocenters. The van der Waals surface area contributed by atoms with Gasteiger partial charge in [-0.2, -0.15) is 15.6 Å². The minimum Gasteiger partial charge on any atom is -0.381 e. The molecule has 1 aromatic carbocycles. The van der Waals surface area contributed by atoms with Crippen molar-refractivity contribution in [2.24, 2.45) is 15.8 Å². The molecule has 3 N–H and O–H groups in total. The third-order valence-corrected chi connectivity index (χ3v) is 3.33. The van der Waals surface area contributed by atoms with E-state index in [1.54, 1.807) is 0 Å². The van der Waals surface area contributed by atoms with Gasteiger partial charge in [0.2, 0.25) is 0 Å². The molecule has 20 heavy (non-hydrogen) atoms. The molecule has 0 saturated heterocycles. The van der Waals surface area contributed by atoms with E-state index in [0.29, 0.717) is 11.7 Å². The second-order valence-electron chi connectivity index (χ2n) is 3.75. The quantitative estimate of drug-likeness (QED) is 0.853. The monoisotopic (exact) mass is 282 g/mol. The molecule has 6 nitrogen and oxygen atoms in total. The van der Waals surface area contributed by atoms with Gasteiger partial charge in [0.1, 0.15) is 22.6 Å². The molecule has 0 saturated carbocycles. The lowest BCUT2D eigenvalue weighted by Crippen LogP contribution is -2.20. The summed E-state index contributed by atoms with van der Waals surface area (Å²) in [4.78, 5) is 4.51. The minimum atomic E-state index is -0.0125. The molecule has 1 aromatic rings. The molecular weight excluding hydrogens is 272 g/mol. The maximum Gasteiger partial charge on any atom is 0.183 e. The summed E-state index contributed by atoms with van der Waals surface area (Å²) >= 11 is 1.05. The van der Waals surface area contributed by atoms with Crippen molar-refractivity contribution < 1.29 is 0 Å². The van der Waals surface area contributed by atoms with Gasteiger partial charge in [0, 0.05) is 0 Å². The summed E-state index contributed by atoms with van der Waals surface area (Å²) in [5, 5.41) is 22.3. The first-order valence-corrected chi connectivity index (χ1v) is 6.46. The number of hydrazone groups is 1. The van der Waals surface area contributed by atoms with Crippen LogP contribution in [0.4, 0.5) is 0 Å². The lowest BCUT2D eigenvalue weighted by Gasteiger charge is -2.02. The number of amidine groups is 2. The number of hydrogen-bond acceptors (Lipinski definition) is 6. The van der Waals surface area contributed by atoms with E-state index in [2.05, 4.69) is 15.5 Å². The highest BCUT2D eigenvalue weighted by Crippen LogP contribution is 2.22. The number of hydrogen-bond donors (Lipinski definition) is 2. The van der Waals surface area contributed by atoms with E-state index >= 15 is 0 Å². The number of rotatable bonds is 2. The number of nitrogens with one attached hydrogen (secondary N) is 1. The number of benzene rings is 1. The van der Waals surface area contributed by atoms with E-state index in [0.717, 1.165) is 17.3 Å². The summed E-state index contributed by atoms with van der Waals surface area (Å²) in [5.41, 5.74) is 9.37. The van der Waals surface area contributed by atoms with E-state index < -0.39 is 0 Å². The van der Waals surface area contributed by atoms with Crippen molar-refractivity contribution in [3.05, 3.63) is 46.4 Å². The average Bonchev–Trinajstić information content (AvgIpc) is 2.64. The Morgan fingerprint density at radius 1 is 1.25 bits per heavy atom. The van der Waals surface area contributed by atoms with Crippen LogP contribution < -0.4 is 11.2 Å². The molecule has 98 valence electrons. The molecule has 7 heteroatoms. The van der Waals surface area contributed by atoms with Crippen LogP contribution in [0.3, 0.4) is 0 Å². The van der Waals surface area contributed by atoms with Crippen LogP contribution >= 0.6 is 11.8 Å². The highest BCUT2D eigenvalue weighted by Gasteiger charge is 2.18. The Balaban J connectivity index is 2.22. The van der Waals surface area contributed by atoms with E-state index in [9.17, 15) is 0 Å². The zero-order valence-electron chi connectivity index (χ0n) is 10.4. The van der Waals surface area contributed by atoms with Crippen LogP contribution in [0.2, 0.25) is 0 Å². The summed E-state index contributed by atoms with van der Waals surface area (Å²) in [6.07, 6.45) is 0. The zero-order chi connectivity index (χ0) is 14.4. The van der Waals surface area contributed by atoms with Crippen molar-refractivity contribution >= 4 is 22.8 Å². The van der Waals surface area contributed by atoms with E-state index in [-0.39, 0.29) is 16.3 Å². The summed E-state index contributed by atoms with van der Waals surface area (Å²) < 4.78 is 0. The van der Waals surface area contributed by atoms with Gasteiger partial charge in [-0.1, -0.05) is 30.3 Å². The zero-order valence-corrected chi connectivity index (χ0v) is 11.2. The molecule has 1 heterocycles. The van der Waals surface area contributed by atoms with Crippen LogP contribution in [-0.2, 0) is 6.54 Å².